The van der Waals surface area contributed by atoms with Gasteiger partial charge in [0.15, 0.2) is 0 Å². The molecule has 0 atom stereocenters. The molecule has 0 fully saturated rings. The third-order valence-corrected chi connectivity index (χ3v) is 4.74. The van der Waals surface area contributed by atoms with Crippen LogP contribution in [0.2, 0.25) is 0 Å². The van der Waals surface area contributed by atoms with Crippen LogP contribution in [0, 0.1) is 6.92 Å². The monoisotopic (exact) mass is 302 g/mol. The molecule has 2 rings (SSSR count). The summed E-state index contributed by atoms with van der Waals surface area (Å²) in [5.41, 5.74) is 2.73. The number of para-hydroxylation sites is 1. The van der Waals surface area contributed by atoms with E-state index in [1.165, 1.54) is 29.0 Å². The Morgan fingerprint density at radius 3 is 2.57 bits per heavy atom. The first-order valence-electron chi connectivity index (χ1n) is 7.85. The van der Waals surface area contributed by atoms with Gasteiger partial charge in [0, 0.05) is 36.7 Å². The van der Waals surface area contributed by atoms with Crippen LogP contribution in [-0.2, 0) is 6.54 Å². The topological polar surface area (TPSA) is 15.3 Å². The standard InChI is InChI=1S/C18H26N2S/c1-3-4-12-20(17-8-6-5-7-9-17)13-11-19-15-18-16(2)10-14-21-18/h5-10,14,19H,3-4,11-13,15H2,1-2H3. The Balaban J connectivity index is 1.80. The third kappa shape index (κ3) is 5.18. The van der Waals surface area contributed by atoms with E-state index in [-0.39, 0.29) is 0 Å². The molecule has 0 unspecified atom stereocenters. The molecule has 1 aromatic carbocycles. The van der Waals surface area contributed by atoms with Crippen LogP contribution in [0.3, 0.4) is 0 Å². The lowest BCUT2D eigenvalue weighted by Crippen LogP contribution is -2.32. The summed E-state index contributed by atoms with van der Waals surface area (Å²) in [6, 6.07) is 12.9. The summed E-state index contributed by atoms with van der Waals surface area (Å²) in [5.74, 6) is 0. The molecule has 0 amide bonds. The van der Waals surface area contributed by atoms with Crippen molar-refractivity contribution in [1.29, 1.82) is 0 Å². The molecule has 0 bridgehead atoms. The maximum atomic E-state index is 3.57. The fourth-order valence-corrected chi connectivity index (χ4v) is 3.23. The van der Waals surface area contributed by atoms with E-state index in [2.05, 4.69) is 65.8 Å². The number of anilines is 1. The lowest BCUT2D eigenvalue weighted by atomic mass is 10.2. The van der Waals surface area contributed by atoms with Crippen molar-refractivity contribution < 1.29 is 0 Å². The zero-order valence-corrected chi connectivity index (χ0v) is 14.0. The average Bonchev–Trinajstić information content (AvgIpc) is 2.93. The molecule has 2 nitrogen and oxygen atoms in total. The number of benzene rings is 1. The van der Waals surface area contributed by atoms with Crippen molar-refractivity contribution in [2.75, 3.05) is 24.5 Å². The van der Waals surface area contributed by atoms with Crippen LogP contribution in [0.25, 0.3) is 0 Å². The van der Waals surface area contributed by atoms with Crippen molar-refractivity contribution in [2.45, 2.75) is 33.2 Å². The van der Waals surface area contributed by atoms with Gasteiger partial charge in [-0.1, -0.05) is 31.5 Å². The summed E-state index contributed by atoms with van der Waals surface area (Å²) in [6.07, 6.45) is 2.49. The van der Waals surface area contributed by atoms with Gasteiger partial charge in [-0.05, 0) is 42.5 Å². The Morgan fingerprint density at radius 2 is 1.90 bits per heavy atom. The summed E-state index contributed by atoms with van der Waals surface area (Å²) in [5, 5.41) is 5.74. The van der Waals surface area contributed by atoms with Crippen molar-refractivity contribution >= 4 is 17.0 Å². The third-order valence-electron chi connectivity index (χ3n) is 3.72. The van der Waals surface area contributed by atoms with Gasteiger partial charge in [-0.15, -0.1) is 11.3 Å². The highest BCUT2D eigenvalue weighted by Crippen LogP contribution is 2.15. The second kappa shape index (κ2) is 8.85. The molecule has 114 valence electrons. The minimum atomic E-state index is 0.986. The summed E-state index contributed by atoms with van der Waals surface area (Å²) in [7, 11) is 0. The zero-order valence-electron chi connectivity index (χ0n) is 13.1. The van der Waals surface area contributed by atoms with Crippen molar-refractivity contribution in [3.8, 4) is 0 Å². The van der Waals surface area contributed by atoms with Gasteiger partial charge in [0.05, 0.1) is 0 Å². The van der Waals surface area contributed by atoms with Crippen molar-refractivity contribution in [3.05, 3.63) is 52.2 Å². The van der Waals surface area contributed by atoms with E-state index in [1.807, 2.05) is 11.3 Å². The molecule has 0 aliphatic rings. The van der Waals surface area contributed by atoms with Gasteiger partial charge in [0.25, 0.3) is 0 Å². The van der Waals surface area contributed by atoms with Crippen LogP contribution in [-0.4, -0.2) is 19.6 Å². The number of thiophene rings is 1. The Bertz CT molecular complexity index is 507. The van der Waals surface area contributed by atoms with Gasteiger partial charge in [-0.3, -0.25) is 0 Å². The molecule has 0 aliphatic carbocycles. The second-order valence-corrected chi connectivity index (χ2v) is 6.38. The molecule has 3 heteroatoms. The first-order chi connectivity index (χ1) is 10.3. The molecule has 0 saturated heterocycles. The number of unbranched alkanes of at least 4 members (excludes halogenated alkanes) is 1. The Hall–Kier alpha value is -1.32. The summed E-state index contributed by atoms with van der Waals surface area (Å²) >= 11 is 1.84. The molecular weight excluding hydrogens is 276 g/mol. The lowest BCUT2D eigenvalue weighted by molar-refractivity contribution is 0.645. The highest BCUT2D eigenvalue weighted by atomic mass is 32.1. The smallest absolute Gasteiger partial charge is 0.0366 e. The van der Waals surface area contributed by atoms with Crippen LogP contribution in [0.5, 0.6) is 0 Å². The lowest BCUT2D eigenvalue weighted by Gasteiger charge is -2.25. The summed E-state index contributed by atoms with van der Waals surface area (Å²) in [6.45, 7) is 8.65. The molecule has 0 saturated carbocycles. The Kier molecular flexibility index (Phi) is 6.77. The second-order valence-electron chi connectivity index (χ2n) is 5.38. The van der Waals surface area contributed by atoms with Crippen LogP contribution >= 0.6 is 11.3 Å². The number of hydrogen-bond acceptors (Lipinski definition) is 3. The number of hydrogen-bond donors (Lipinski definition) is 1. The van der Waals surface area contributed by atoms with E-state index in [0.29, 0.717) is 0 Å². The largest absolute Gasteiger partial charge is 0.370 e. The van der Waals surface area contributed by atoms with E-state index in [1.54, 1.807) is 0 Å². The Morgan fingerprint density at radius 1 is 1.10 bits per heavy atom. The molecule has 1 N–H and O–H groups in total. The number of aryl methyl sites for hydroxylation is 1. The van der Waals surface area contributed by atoms with Crippen LogP contribution in [0.4, 0.5) is 5.69 Å². The van der Waals surface area contributed by atoms with Crippen molar-refractivity contribution in [3.63, 3.8) is 0 Å². The van der Waals surface area contributed by atoms with E-state index >= 15 is 0 Å². The van der Waals surface area contributed by atoms with Crippen molar-refractivity contribution in [1.82, 2.24) is 5.32 Å². The van der Waals surface area contributed by atoms with Gasteiger partial charge >= 0.3 is 0 Å². The maximum Gasteiger partial charge on any atom is 0.0366 e. The first kappa shape index (κ1) is 16.1. The number of nitrogens with one attached hydrogen (secondary N) is 1. The van der Waals surface area contributed by atoms with E-state index in [0.717, 1.165) is 26.2 Å². The molecule has 2 aromatic rings. The number of rotatable bonds is 9. The van der Waals surface area contributed by atoms with Gasteiger partial charge in [0.2, 0.25) is 0 Å². The van der Waals surface area contributed by atoms with Crippen LogP contribution in [0.1, 0.15) is 30.2 Å². The molecular formula is C18H26N2S. The molecule has 0 aliphatic heterocycles. The SMILES string of the molecule is CCCCN(CCNCc1sccc1C)c1ccccc1. The van der Waals surface area contributed by atoms with E-state index < -0.39 is 0 Å². The van der Waals surface area contributed by atoms with Crippen molar-refractivity contribution in [2.24, 2.45) is 0 Å². The first-order valence-corrected chi connectivity index (χ1v) is 8.73. The predicted octanol–water partition coefficient (Wildman–Crippen LogP) is 4.45. The Labute approximate surface area is 132 Å². The van der Waals surface area contributed by atoms with Gasteiger partial charge in [-0.25, -0.2) is 0 Å². The molecule has 1 aromatic heterocycles. The van der Waals surface area contributed by atoms with E-state index in [9.17, 15) is 0 Å². The van der Waals surface area contributed by atoms with Crippen LogP contribution in [0.15, 0.2) is 41.8 Å². The fraction of sp³-hybridized carbons (Fsp3) is 0.444. The van der Waals surface area contributed by atoms with Gasteiger partial charge in [-0.2, -0.15) is 0 Å². The highest BCUT2D eigenvalue weighted by molar-refractivity contribution is 7.10. The molecule has 0 radical (unpaired) electrons. The summed E-state index contributed by atoms with van der Waals surface area (Å²) in [4.78, 5) is 3.94. The zero-order chi connectivity index (χ0) is 14.9. The quantitative estimate of drug-likeness (QED) is 0.688. The molecule has 1 heterocycles. The average molecular weight is 302 g/mol. The maximum absolute atomic E-state index is 3.57. The molecule has 21 heavy (non-hydrogen) atoms. The fourth-order valence-electron chi connectivity index (χ4n) is 2.36. The van der Waals surface area contributed by atoms with Crippen LogP contribution < -0.4 is 10.2 Å². The predicted molar refractivity (Wildman–Crippen MR) is 94.3 cm³/mol. The highest BCUT2D eigenvalue weighted by Gasteiger charge is 2.05. The normalized spacial score (nSPS) is 10.8. The van der Waals surface area contributed by atoms with E-state index in [4.69, 9.17) is 0 Å². The van der Waals surface area contributed by atoms with Gasteiger partial charge in [0.1, 0.15) is 0 Å². The minimum Gasteiger partial charge on any atom is -0.370 e. The number of nitrogens with zero attached hydrogens (tertiary/aromatic N) is 1. The molecule has 0 spiro atoms. The summed E-state index contributed by atoms with van der Waals surface area (Å²) < 4.78 is 0. The minimum absolute atomic E-state index is 0.986. The van der Waals surface area contributed by atoms with Gasteiger partial charge < -0.3 is 10.2 Å².